The number of carbonyl (C=O) groups excluding carboxylic acids is 2. The van der Waals surface area contributed by atoms with Crippen molar-refractivity contribution >= 4 is 23.6 Å². The zero-order valence-electron chi connectivity index (χ0n) is 15.5. The van der Waals surface area contributed by atoms with Crippen LogP contribution in [0.5, 0.6) is 0 Å². The summed E-state index contributed by atoms with van der Waals surface area (Å²) in [5.41, 5.74) is 0.808. The van der Waals surface area contributed by atoms with Crippen molar-refractivity contribution in [2.24, 2.45) is 0 Å². The molecule has 2 heterocycles. The highest BCUT2D eigenvalue weighted by Crippen LogP contribution is 2.20. The fraction of sp³-hybridized carbons (Fsp3) is 0.611. The fourth-order valence-electron chi connectivity index (χ4n) is 2.54. The second kappa shape index (κ2) is 7.60. The van der Waals surface area contributed by atoms with Gasteiger partial charge >= 0.3 is 6.09 Å². The van der Waals surface area contributed by atoms with Crippen LogP contribution in [0.3, 0.4) is 0 Å². The number of rotatable bonds is 2. The lowest BCUT2D eigenvalue weighted by Gasteiger charge is -2.35. The molecule has 7 heteroatoms. The second-order valence-electron chi connectivity index (χ2n) is 7.52. The number of ether oxygens (including phenoxy) is 1. The molecule has 0 unspecified atom stereocenters. The lowest BCUT2D eigenvalue weighted by Crippen LogP contribution is -2.51. The summed E-state index contributed by atoms with van der Waals surface area (Å²) in [5, 5.41) is 0.321. The van der Waals surface area contributed by atoms with Gasteiger partial charge in [0.15, 0.2) is 0 Å². The summed E-state index contributed by atoms with van der Waals surface area (Å²) in [6.45, 7) is 11.4. The maximum atomic E-state index is 12.7. The Morgan fingerprint density at radius 3 is 2.20 bits per heavy atom. The van der Waals surface area contributed by atoms with E-state index in [4.69, 9.17) is 16.3 Å². The van der Waals surface area contributed by atoms with Crippen molar-refractivity contribution in [2.75, 3.05) is 26.2 Å². The Morgan fingerprint density at radius 2 is 1.68 bits per heavy atom. The highest BCUT2D eigenvalue weighted by molar-refractivity contribution is 6.29. The van der Waals surface area contributed by atoms with Crippen LogP contribution >= 0.6 is 11.6 Å². The van der Waals surface area contributed by atoms with E-state index < -0.39 is 5.60 Å². The quantitative estimate of drug-likeness (QED) is 0.750. The number of hydrogen-bond donors (Lipinski definition) is 0. The average Bonchev–Trinajstić information content (AvgIpc) is 2.52. The Balaban J connectivity index is 2.01. The summed E-state index contributed by atoms with van der Waals surface area (Å²) in [6, 6.07) is 3.38. The smallest absolute Gasteiger partial charge is 0.410 e. The number of piperazine rings is 1. The lowest BCUT2D eigenvalue weighted by molar-refractivity contribution is 0.0141. The SMILES string of the molecule is CC(C)c1cc(C(=O)N2CCN(C(=O)OC(C)(C)C)CC2)cc(Cl)n1. The van der Waals surface area contributed by atoms with Gasteiger partial charge in [0, 0.05) is 37.4 Å². The van der Waals surface area contributed by atoms with Crippen LogP contribution in [0.25, 0.3) is 0 Å². The molecule has 138 valence electrons. The predicted molar refractivity (Wildman–Crippen MR) is 97.0 cm³/mol. The van der Waals surface area contributed by atoms with Gasteiger partial charge in [-0.25, -0.2) is 9.78 Å². The molecule has 25 heavy (non-hydrogen) atoms. The summed E-state index contributed by atoms with van der Waals surface area (Å²) in [4.78, 5) is 32.5. The third kappa shape index (κ3) is 5.33. The Kier molecular flexibility index (Phi) is 5.93. The molecule has 1 aliphatic rings. The van der Waals surface area contributed by atoms with E-state index in [0.29, 0.717) is 36.9 Å². The standard InChI is InChI=1S/C18H26ClN3O3/c1-12(2)14-10-13(11-15(19)20-14)16(23)21-6-8-22(9-7-21)17(24)25-18(3,4)5/h10-12H,6-9H2,1-5H3. The van der Waals surface area contributed by atoms with Crippen molar-refractivity contribution in [3.8, 4) is 0 Å². The van der Waals surface area contributed by atoms with Crippen molar-refractivity contribution < 1.29 is 14.3 Å². The molecule has 0 atom stereocenters. The van der Waals surface area contributed by atoms with Crippen molar-refractivity contribution in [1.82, 2.24) is 14.8 Å². The Bertz CT molecular complexity index is 647. The number of hydrogen-bond acceptors (Lipinski definition) is 4. The molecule has 6 nitrogen and oxygen atoms in total. The molecule has 1 fully saturated rings. The van der Waals surface area contributed by atoms with Gasteiger partial charge in [0.05, 0.1) is 0 Å². The molecule has 2 rings (SSSR count). The minimum Gasteiger partial charge on any atom is -0.444 e. The first-order chi connectivity index (χ1) is 11.6. The molecule has 0 bridgehead atoms. The Labute approximate surface area is 154 Å². The fourth-order valence-corrected chi connectivity index (χ4v) is 2.75. The zero-order chi connectivity index (χ0) is 18.8. The van der Waals surface area contributed by atoms with Gasteiger partial charge in [-0.2, -0.15) is 0 Å². The molecule has 1 aromatic heterocycles. The molecule has 0 aliphatic carbocycles. The Hall–Kier alpha value is -1.82. The number of aromatic nitrogens is 1. The first-order valence-corrected chi connectivity index (χ1v) is 8.89. The van der Waals surface area contributed by atoms with Gasteiger partial charge < -0.3 is 14.5 Å². The molecule has 0 N–H and O–H groups in total. The first-order valence-electron chi connectivity index (χ1n) is 8.51. The van der Waals surface area contributed by atoms with Crippen molar-refractivity contribution in [3.63, 3.8) is 0 Å². The van der Waals surface area contributed by atoms with Crippen LogP contribution in [-0.4, -0.2) is 58.6 Å². The van der Waals surface area contributed by atoms with Crippen LogP contribution in [0.2, 0.25) is 5.15 Å². The van der Waals surface area contributed by atoms with E-state index >= 15 is 0 Å². The maximum Gasteiger partial charge on any atom is 0.410 e. The minimum atomic E-state index is -0.523. The number of halogens is 1. The summed E-state index contributed by atoms with van der Waals surface area (Å²) in [7, 11) is 0. The topological polar surface area (TPSA) is 62.7 Å². The van der Waals surface area contributed by atoms with E-state index in [1.54, 1.807) is 21.9 Å². The van der Waals surface area contributed by atoms with E-state index in [1.807, 2.05) is 34.6 Å². The van der Waals surface area contributed by atoms with Gasteiger partial charge in [0.25, 0.3) is 5.91 Å². The normalized spacial score (nSPS) is 15.5. The van der Waals surface area contributed by atoms with Gasteiger partial charge in [-0.05, 0) is 38.8 Å². The highest BCUT2D eigenvalue weighted by Gasteiger charge is 2.28. The lowest BCUT2D eigenvalue weighted by atomic mass is 10.1. The van der Waals surface area contributed by atoms with Crippen molar-refractivity contribution in [1.29, 1.82) is 0 Å². The van der Waals surface area contributed by atoms with Crippen LogP contribution in [0.4, 0.5) is 4.79 Å². The van der Waals surface area contributed by atoms with Gasteiger partial charge in [-0.15, -0.1) is 0 Å². The molecule has 1 saturated heterocycles. The summed E-state index contributed by atoms with van der Waals surface area (Å²) in [5.74, 6) is 0.101. The molecular formula is C18H26ClN3O3. The molecule has 0 radical (unpaired) electrons. The van der Waals surface area contributed by atoms with E-state index in [2.05, 4.69) is 4.98 Å². The van der Waals surface area contributed by atoms with Gasteiger partial charge in [0.2, 0.25) is 0 Å². The van der Waals surface area contributed by atoms with Crippen LogP contribution in [0.1, 0.15) is 56.6 Å². The van der Waals surface area contributed by atoms with Gasteiger partial charge in [-0.3, -0.25) is 4.79 Å². The number of nitrogens with zero attached hydrogens (tertiary/aromatic N) is 3. The average molecular weight is 368 g/mol. The number of carbonyl (C=O) groups is 2. The Morgan fingerprint density at radius 1 is 1.12 bits per heavy atom. The van der Waals surface area contributed by atoms with E-state index in [0.717, 1.165) is 5.69 Å². The molecule has 1 aliphatic heterocycles. The third-order valence-corrected chi connectivity index (χ3v) is 4.06. The van der Waals surface area contributed by atoms with E-state index in [1.165, 1.54) is 0 Å². The van der Waals surface area contributed by atoms with Crippen LogP contribution in [0, 0.1) is 0 Å². The maximum absolute atomic E-state index is 12.7. The molecule has 1 aromatic rings. The zero-order valence-corrected chi connectivity index (χ0v) is 16.3. The monoisotopic (exact) mass is 367 g/mol. The predicted octanol–water partition coefficient (Wildman–Crippen LogP) is 3.55. The molecule has 2 amide bonds. The summed E-state index contributed by atoms with van der Waals surface area (Å²) >= 11 is 6.05. The van der Waals surface area contributed by atoms with Crippen molar-refractivity contribution in [2.45, 2.75) is 46.1 Å². The van der Waals surface area contributed by atoms with Gasteiger partial charge in [0.1, 0.15) is 10.8 Å². The van der Waals surface area contributed by atoms with Crippen LogP contribution in [-0.2, 0) is 4.74 Å². The van der Waals surface area contributed by atoms with Crippen LogP contribution in [0.15, 0.2) is 12.1 Å². The summed E-state index contributed by atoms with van der Waals surface area (Å²) in [6.07, 6.45) is -0.339. The highest BCUT2D eigenvalue weighted by atomic mass is 35.5. The number of amides is 2. The largest absolute Gasteiger partial charge is 0.444 e. The van der Waals surface area contributed by atoms with E-state index in [-0.39, 0.29) is 17.9 Å². The second-order valence-corrected chi connectivity index (χ2v) is 7.90. The van der Waals surface area contributed by atoms with E-state index in [9.17, 15) is 9.59 Å². The number of pyridine rings is 1. The minimum absolute atomic E-state index is 0.0879. The summed E-state index contributed by atoms with van der Waals surface area (Å²) < 4.78 is 5.37. The van der Waals surface area contributed by atoms with Crippen LogP contribution < -0.4 is 0 Å². The first kappa shape index (κ1) is 19.5. The van der Waals surface area contributed by atoms with Gasteiger partial charge in [-0.1, -0.05) is 25.4 Å². The molecule has 0 saturated carbocycles. The molecule has 0 spiro atoms. The molecule has 0 aromatic carbocycles. The molecular weight excluding hydrogens is 342 g/mol. The third-order valence-electron chi connectivity index (χ3n) is 3.87. The van der Waals surface area contributed by atoms with Crippen molar-refractivity contribution in [3.05, 3.63) is 28.5 Å².